The molecule has 1 aliphatic carbocycles. The monoisotopic (exact) mass is 621 g/mol. The number of hydrogen-bond donors (Lipinski definition) is 3. The van der Waals surface area contributed by atoms with Crippen LogP contribution in [0.2, 0.25) is 0 Å². The fourth-order valence-corrected chi connectivity index (χ4v) is 5.83. The molecule has 0 radical (unpaired) electrons. The van der Waals surface area contributed by atoms with Crippen LogP contribution in [0, 0.1) is 5.92 Å². The predicted molar refractivity (Wildman–Crippen MR) is 154 cm³/mol. The number of carbonyl (C=O) groups excluding carboxylic acids is 6. The largest absolute Gasteiger partial charge is 0.550 e. The molecule has 0 aromatic rings. The van der Waals surface area contributed by atoms with Gasteiger partial charge in [-0.05, 0) is 44.1 Å². The van der Waals surface area contributed by atoms with E-state index in [2.05, 4.69) is 23.3 Å². The Hall–Kier alpha value is -3.45. The molecule has 5 N–H and O–H groups in total. The molecule has 43 heavy (non-hydrogen) atoms. The number of nitrogens with one attached hydrogen (secondary N) is 2. The number of unbranched alkanes of at least 4 members (excludes halogenated alkanes) is 4. The first-order valence-electron chi connectivity index (χ1n) is 14.6. The molecule has 240 valence electrons. The van der Waals surface area contributed by atoms with Crippen molar-refractivity contribution < 1.29 is 49.8 Å². The number of carboxylic acid groups (broad SMARTS) is 3. The Morgan fingerprint density at radius 1 is 1.00 bits per heavy atom. The number of rotatable bonds is 22. The number of thioether (sulfide) groups is 1. The van der Waals surface area contributed by atoms with E-state index in [1.165, 1.54) is 11.8 Å². The van der Waals surface area contributed by atoms with E-state index in [1.807, 2.05) is 30.4 Å². The number of ketones is 1. The molecule has 0 spiro atoms. The maximum absolute atomic E-state index is 13.0. The Morgan fingerprint density at radius 3 is 2.37 bits per heavy atom. The number of quaternary nitrogens is 1. The van der Waals surface area contributed by atoms with Gasteiger partial charge in [-0.25, -0.2) is 0 Å². The van der Waals surface area contributed by atoms with E-state index in [-0.39, 0.29) is 48.4 Å². The van der Waals surface area contributed by atoms with Gasteiger partial charge >= 0.3 is 0 Å². The third kappa shape index (κ3) is 16.1. The number of hydrogen-bond acceptors (Lipinski definition) is 10. The van der Waals surface area contributed by atoms with E-state index in [4.69, 9.17) is 0 Å². The highest BCUT2D eigenvalue weighted by molar-refractivity contribution is 8.00. The summed E-state index contributed by atoms with van der Waals surface area (Å²) in [5.41, 5.74) is 4.05. The summed E-state index contributed by atoms with van der Waals surface area (Å²) in [4.78, 5) is 70.6. The Morgan fingerprint density at radius 2 is 1.72 bits per heavy atom. The molecule has 12 nitrogen and oxygen atoms in total. The molecule has 1 fully saturated rings. The topological polar surface area (TPSA) is 223 Å². The summed E-state index contributed by atoms with van der Waals surface area (Å²) in [6.45, 7) is 1.36. The molecule has 0 aromatic heterocycles. The molecule has 0 heterocycles. The van der Waals surface area contributed by atoms with Crippen molar-refractivity contribution in [2.24, 2.45) is 5.92 Å². The second kappa shape index (κ2) is 21.3. The van der Waals surface area contributed by atoms with Crippen LogP contribution in [0.15, 0.2) is 36.0 Å². The molecule has 2 amide bonds. The van der Waals surface area contributed by atoms with Gasteiger partial charge in [0.05, 0.1) is 18.5 Å². The lowest BCUT2D eigenvalue weighted by Gasteiger charge is -2.23. The second-order valence-corrected chi connectivity index (χ2v) is 11.7. The number of carboxylic acids is 3. The average Bonchev–Trinajstić information content (AvgIpc) is 3.25. The maximum Gasteiger partial charge on any atom is 0.243 e. The van der Waals surface area contributed by atoms with Crippen LogP contribution in [0.25, 0.3) is 0 Å². The summed E-state index contributed by atoms with van der Waals surface area (Å²) in [7, 11) is 0. The number of carbonyl (C=O) groups is 6. The number of amides is 2. The molecule has 13 heteroatoms. The molecule has 0 aromatic carbocycles. The lowest BCUT2D eigenvalue weighted by atomic mass is 9.97. The fraction of sp³-hybridized carbons (Fsp3) is 0.600. The first-order chi connectivity index (χ1) is 20.5. The Balaban J connectivity index is 3.02. The standard InChI is InChI=1S/C30H45N3O9S/c1-2-3-4-5-6-9-12-20-21(13-10-7-8-11-14-27(36)37)25(17-24(20)34)43-19-23(29(40)32-18-28(38)39)33-26(35)16-15-22(31)30(41)42/h6-7,9-10,12,21-23,25H,2-5,8,11,13-19,31H2,1H3,(H,32,40)(H,33,35)(H,36,37)(H,38,39)(H,41,42)/p-2/b9-6+,10-7-,20-12+/t21-,22+,23+,25?/m1/s1. The summed E-state index contributed by atoms with van der Waals surface area (Å²) in [6, 6.07) is -2.26. The Bertz CT molecular complexity index is 1060. The van der Waals surface area contributed by atoms with Gasteiger partial charge in [-0.15, -0.1) is 0 Å². The maximum atomic E-state index is 13.0. The van der Waals surface area contributed by atoms with Crippen LogP contribution in [0.1, 0.15) is 77.6 Å². The summed E-state index contributed by atoms with van der Waals surface area (Å²) in [5.74, 6) is -5.60. The van der Waals surface area contributed by atoms with Crippen molar-refractivity contribution in [1.29, 1.82) is 0 Å². The van der Waals surface area contributed by atoms with Crippen molar-refractivity contribution in [2.75, 3.05) is 12.3 Å². The van der Waals surface area contributed by atoms with Gasteiger partial charge in [0.2, 0.25) is 11.8 Å². The Labute approximate surface area is 256 Å². The summed E-state index contributed by atoms with van der Waals surface area (Å²) in [5, 5.41) is 36.9. The van der Waals surface area contributed by atoms with Crippen molar-refractivity contribution in [3.8, 4) is 0 Å². The van der Waals surface area contributed by atoms with E-state index in [0.29, 0.717) is 24.8 Å². The summed E-state index contributed by atoms with van der Waals surface area (Å²) >= 11 is 1.30. The lowest BCUT2D eigenvalue weighted by molar-refractivity contribution is -0.438. The summed E-state index contributed by atoms with van der Waals surface area (Å²) in [6.07, 6.45) is 15.0. The zero-order chi connectivity index (χ0) is 32.2. The van der Waals surface area contributed by atoms with Crippen molar-refractivity contribution in [1.82, 2.24) is 10.6 Å². The first kappa shape index (κ1) is 37.6. The van der Waals surface area contributed by atoms with Gasteiger partial charge in [-0.1, -0.05) is 50.1 Å². The van der Waals surface area contributed by atoms with Gasteiger partial charge in [0.25, 0.3) is 0 Å². The van der Waals surface area contributed by atoms with Gasteiger partial charge in [-0.3, -0.25) is 14.4 Å². The highest BCUT2D eigenvalue weighted by atomic mass is 32.2. The van der Waals surface area contributed by atoms with Crippen molar-refractivity contribution in [3.05, 3.63) is 36.0 Å². The zero-order valence-corrected chi connectivity index (χ0v) is 25.5. The predicted octanol–water partition coefficient (Wildman–Crippen LogP) is -1.90. The lowest BCUT2D eigenvalue weighted by Crippen LogP contribution is -2.68. The minimum absolute atomic E-state index is 0.0306. The third-order valence-electron chi connectivity index (χ3n) is 6.84. The fourth-order valence-electron chi connectivity index (χ4n) is 4.40. The quantitative estimate of drug-likeness (QED) is 0.0691. The van der Waals surface area contributed by atoms with Crippen molar-refractivity contribution in [2.45, 2.75) is 94.9 Å². The molecular formula is C30H43N3O9S-2. The van der Waals surface area contributed by atoms with Crippen molar-refractivity contribution >= 4 is 47.3 Å². The third-order valence-corrected chi connectivity index (χ3v) is 8.29. The molecular weight excluding hydrogens is 578 g/mol. The van der Waals surface area contributed by atoms with Crippen LogP contribution < -0.4 is 31.7 Å². The van der Waals surface area contributed by atoms with Gasteiger partial charge in [0, 0.05) is 42.2 Å². The zero-order valence-electron chi connectivity index (χ0n) is 24.7. The van der Waals surface area contributed by atoms with Gasteiger partial charge in [-0.2, -0.15) is 11.8 Å². The average molecular weight is 622 g/mol. The van der Waals surface area contributed by atoms with Crippen LogP contribution in [0.5, 0.6) is 0 Å². The first-order valence-corrected chi connectivity index (χ1v) is 15.7. The number of Topliss-reactive ketones (excluding diaryl/α,β-unsaturated/α-hetero) is 1. The van der Waals surface area contributed by atoms with Crippen LogP contribution in [0.3, 0.4) is 0 Å². The molecule has 4 atom stereocenters. The molecule has 1 aliphatic rings. The van der Waals surface area contributed by atoms with Crippen LogP contribution >= 0.6 is 11.8 Å². The van der Waals surface area contributed by atoms with Gasteiger partial charge in [0.1, 0.15) is 12.1 Å². The minimum atomic E-state index is -1.51. The number of aliphatic carboxylic acids is 3. The molecule has 0 bridgehead atoms. The molecule has 0 saturated heterocycles. The van der Waals surface area contributed by atoms with E-state index in [1.54, 1.807) is 0 Å². The van der Waals surface area contributed by atoms with Crippen molar-refractivity contribution in [3.63, 3.8) is 0 Å². The van der Waals surface area contributed by atoms with E-state index in [0.717, 1.165) is 25.7 Å². The van der Waals surface area contributed by atoms with Crippen LogP contribution in [0.4, 0.5) is 0 Å². The summed E-state index contributed by atoms with van der Waals surface area (Å²) < 4.78 is 0. The highest BCUT2D eigenvalue weighted by Crippen LogP contribution is 2.39. The van der Waals surface area contributed by atoms with Crippen LogP contribution in [-0.2, 0) is 28.8 Å². The van der Waals surface area contributed by atoms with Gasteiger partial charge < -0.3 is 46.1 Å². The highest BCUT2D eigenvalue weighted by Gasteiger charge is 2.38. The minimum Gasteiger partial charge on any atom is -0.550 e. The second-order valence-electron chi connectivity index (χ2n) is 10.4. The molecule has 1 rings (SSSR count). The molecule has 1 saturated carbocycles. The van der Waals surface area contributed by atoms with E-state index in [9.17, 15) is 44.1 Å². The SMILES string of the molecule is CCCCC/C=C/C=C1/C(=O)CC(SC[C@H](NC(=O)CC[C@H]([NH3+])C(=O)[O-])C(=O)NCC(=O)[O-])[C@@H]1C/C=C\CCCC(=O)[O-]. The van der Waals surface area contributed by atoms with E-state index < -0.39 is 48.4 Å². The van der Waals surface area contributed by atoms with Crippen LogP contribution in [-0.4, -0.2) is 65.1 Å². The normalized spacial score (nSPS) is 19.1. The Kier molecular flexibility index (Phi) is 18.6. The number of allylic oxidation sites excluding steroid dienone is 6. The molecule has 0 aliphatic heterocycles. The smallest absolute Gasteiger partial charge is 0.243 e. The molecule has 1 unspecified atom stereocenters. The van der Waals surface area contributed by atoms with Gasteiger partial charge in [0.15, 0.2) is 5.78 Å². The van der Waals surface area contributed by atoms with E-state index >= 15 is 0 Å².